The predicted molar refractivity (Wildman–Crippen MR) is 161 cm³/mol. The third-order valence-corrected chi connectivity index (χ3v) is 8.68. The maximum atomic E-state index is 15.3. The number of halogens is 3. The molecular weight excluding hydrogens is 586 g/mol. The van der Waals surface area contributed by atoms with Crippen molar-refractivity contribution in [2.24, 2.45) is 0 Å². The lowest BCUT2D eigenvalue weighted by molar-refractivity contribution is -0.276. The molecule has 4 N–H and O–H groups in total. The van der Waals surface area contributed by atoms with E-state index in [2.05, 4.69) is 44.3 Å². The normalized spacial score (nSPS) is 20.3. The lowest BCUT2D eigenvalue weighted by Crippen LogP contribution is -2.54. The highest BCUT2D eigenvalue weighted by Gasteiger charge is 2.40. The zero-order valence-corrected chi connectivity index (χ0v) is 24.6. The first-order valence-electron chi connectivity index (χ1n) is 13.6. The number of hydrogen-bond donors (Lipinski definition) is 4. The number of aliphatic hydroxyl groups is 2. The van der Waals surface area contributed by atoms with Gasteiger partial charge in [0.25, 0.3) is 5.91 Å². The van der Waals surface area contributed by atoms with Crippen LogP contribution in [0.4, 0.5) is 26.2 Å². The maximum Gasteiger partial charge on any atom is 0.259 e. The van der Waals surface area contributed by atoms with Crippen molar-refractivity contribution < 1.29 is 19.0 Å². The molecule has 0 bridgehead atoms. The Morgan fingerprint density at radius 2 is 1.74 bits per heavy atom. The van der Waals surface area contributed by atoms with Gasteiger partial charge in [-0.05, 0) is 38.1 Å². The quantitative estimate of drug-likeness (QED) is 0.238. The van der Waals surface area contributed by atoms with Crippen molar-refractivity contribution in [1.82, 2.24) is 29.7 Å². The smallest absolute Gasteiger partial charge is 0.259 e. The monoisotopic (exact) mass is 616 g/mol. The molecule has 2 aliphatic heterocycles. The summed E-state index contributed by atoms with van der Waals surface area (Å²) in [6.07, 6.45) is 4.87. The molecular formula is C28H31ClF2N8O2S. The van der Waals surface area contributed by atoms with Gasteiger partial charge in [-0.15, -0.1) is 0 Å². The summed E-state index contributed by atoms with van der Waals surface area (Å²) in [7, 11) is 0. The van der Waals surface area contributed by atoms with Crippen molar-refractivity contribution in [3.63, 3.8) is 0 Å². The lowest BCUT2D eigenvalue weighted by atomic mass is 10.1. The molecule has 10 nitrogen and oxygen atoms in total. The largest absolute Gasteiger partial charge is 0.352 e. The number of thioether (sulfide) groups is 1. The van der Waals surface area contributed by atoms with Gasteiger partial charge in [0.1, 0.15) is 23.1 Å². The molecule has 2 aliphatic rings. The van der Waals surface area contributed by atoms with E-state index in [0.29, 0.717) is 64.2 Å². The number of pyridine rings is 1. The summed E-state index contributed by atoms with van der Waals surface area (Å²) in [4.78, 5) is 16.9. The molecule has 0 saturated carbocycles. The summed E-state index contributed by atoms with van der Waals surface area (Å²) in [5, 5.41) is 29.2. The Morgan fingerprint density at radius 3 is 2.40 bits per heavy atom. The number of fused-ring (bicyclic) bond motifs is 1. The van der Waals surface area contributed by atoms with Crippen molar-refractivity contribution >= 4 is 51.8 Å². The fraction of sp³-hybridized carbons (Fsp3) is 0.393. The van der Waals surface area contributed by atoms with E-state index in [1.165, 1.54) is 9.47 Å². The van der Waals surface area contributed by atoms with Gasteiger partial charge in [0.05, 0.1) is 28.2 Å². The predicted octanol–water partition coefficient (Wildman–Crippen LogP) is 3.82. The second-order valence-electron chi connectivity index (χ2n) is 10.7. The van der Waals surface area contributed by atoms with Crippen LogP contribution in [0.3, 0.4) is 0 Å². The molecule has 0 amide bonds. The topological polar surface area (TPSA) is 115 Å². The first-order chi connectivity index (χ1) is 20.1. The average molecular weight is 617 g/mol. The van der Waals surface area contributed by atoms with E-state index in [-0.39, 0.29) is 11.6 Å². The Bertz CT molecular complexity index is 1580. The number of piperazine rings is 1. The Morgan fingerprint density at radius 1 is 1.05 bits per heavy atom. The van der Waals surface area contributed by atoms with Gasteiger partial charge >= 0.3 is 0 Å². The molecule has 5 heterocycles. The number of aromatic nitrogens is 4. The highest BCUT2D eigenvalue weighted by molar-refractivity contribution is 7.99. The molecule has 222 valence electrons. The van der Waals surface area contributed by atoms with Crippen molar-refractivity contribution in [3.05, 3.63) is 65.1 Å². The van der Waals surface area contributed by atoms with Crippen LogP contribution in [0.25, 0.3) is 16.7 Å². The molecule has 42 heavy (non-hydrogen) atoms. The van der Waals surface area contributed by atoms with Gasteiger partial charge in [0.2, 0.25) is 5.95 Å². The molecule has 6 rings (SSSR count). The molecule has 2 fully saturated rings. The average Bonchev–Trinajstić information content (AvgIpc) is 3.36. The minimum atomic E-state index is -2.77. The molecule has 2 saturated heterocycles. The minimum Gasteiger partial charge on any atom is -0.352 e. The number of hydrogen-bond acceptors (Lipinski definition) is 10. The maximum absolute atomic E-state index is 15.3. The SMILES string of the molecule is CC1CN(c2ncc(Nc3ncc4ccn(-c5cc(F)c(C(O)(O)N6CCSCC6)c(F)c5)c4n3)cc2Cl)CC(C)N1. The van der Waals surface area contributed by atoms with Gasteiger partial charge in [0.15, 0.2) is 0 Å². The van der Waals surface area contributed by atoms with Crippen molar-refractivity contribution in [2.45, 2.75) is 31.8 Å². The van der Waals surface area contributed by atoms with Crippen LogP contribution in [0.15, 0.2) is 42.9 Å². The highest BCUT2D eigenvalue weighted by Crippen LogP contribution is 2.33. The van der Waals surface area contributed by atoms with Crippen LogP contribution in [0.5, 0.6) is 0 Å². The van der Waals surface area contributed by atoms with Gasteiger partial charge in [-0.3, -0.25) is 0 Å². The van der Waals surface area contributed by atoms with E-state index < -0.39 is 23.1 Å². The van der Waals surface area contributed by atoms with E-state index in [9.17, 15) is 10.2 Å². The van der Waals surface area contributed by atoms with Crippen molar-refractivity contribution in [3.8, 4) is 5.69 Å². The van der Waals surface area contributed by atoms with Gasteiger partial charge in [-0.25, -0.2) is 23.6 Å². The van der Waals surface area contributed by atoms with E-state index >= 15 is 8.78 Å². The van der Waals surface area contributed by atoms with Gasteiger partial charge in [0, 0.05) is 67.5 Å². The number of nitrogens with one attached hydrogen (secondary N) is 2. The minimum absolute atomic E-state index is 0.131. The fourth-order valence-corrected chi connectivity index (χ4v) is 6.79. The molecule has 2 atom stereocenters. The Labute approximate surface area is 250 Å². The molecule has 2 unspecified atom stereocenters. The molecule has 3 aromatic heterocycles. The van der Waals surface area contributed by atoms with Crippen LogP contribution in [-0.4, -0.2) is 84.4 Å². The Kier molecular flexibility index (Phi) is 7.98. The van der Waals surface area contributed by atoms with Crippen LogP contribution >= 0.6 is 23.4 Å². The summed E-state index contributed by atoms with van der Waals surface area (Å²) in [6.45, 7) is 6.41. The van der Waals surface area contributed by atoms with Crippen LogP contribution in [0, 0.1) is 11.6 Å². The summed E-state index contributed by atoms with van der Waals surface area (Å²) in [5.74, 6) is -2.70. The molecule has 4 aromatic rings. The van der Waals surface area contributed by atoms with Gasteiger partial charge in [-0.1, -0.05) is 11.6 Å². The molecule has 0 spiro atoms. The van der Waals surface area contributed by atoms with E-state index in [1.807, 2.05) is 0 Å². The fourth-order valence-electron chi connectivity index (χ4n) is 5.60. The number of nitrogens with zero attached hydrogens (tertiary/aromatic N) is 6. The second-order valence-corrected chi connectivity index (χ2v) is 12.3. The van der Waals surface area contributed by atoms with E-state index in [4.69, 9.17) is 11.6 Å². The van der Waals surface area contributed by atoms with Gasteiger partial charge < -0.3 is 30.3 Å². The number of rotatable bonds is 6. The summed E-state index contributed by atoms with van der Waals surface area (Å²) in [6, 6.07) is 6.22. The molecule has 1 aromatic carbocycles. The first-order valence-corrected chi connectivity index (χ1v) is 15.2. The first kappa shape index (κ1) is 29.0. The standard InChI is InChI=1S/C28H31ClF2N8O2S/c1-16-14-37(15-17(2)34-16)26-21(29)9-19(13-32-26)35-27-33-12-18-3-4-39(25(18)36-27)20-10-22(30)24(23(31)11-20)28(40,41)38-5-7-42-8-6-38/h3-4,9-13,16-17,34,40-41H,5-8,14-15H2,1-2H3,(H,33,35,36). The zero-order chi connectivity index (χ0) is 29.6. The van der Waals surface area contributed by atoms with Crippen LogP contribution < -0.4 is 15.5 Å². The summed E-state index contributed by atoms with van der Waals surface area (Å²) < 4.78 is 32.1. The van der Waals surface area contributed by atoms with Crippen LogP contribution in [0.2, 0.25) is 5.02 Å². The third kappa shape index (κ3) is 5.64. The highest BCUT2D eigenvalue weighted by atomic mass is 35.5. The Hall–Kier alpha value is -3.07. The Balaban J connectivity index is 1.26. The summed E-state index contributed by atoms with van der Waals surface area (Å²) >= 11 is 8.25. The summed E-state index contributed by atoms with van der Waals surface area (Å²) in [5.41, 5.74) is 0.305. The van der Waals surface area contributed by atoms with E-state index in [1.54, 1.807) is 42.5 Å². The van der Waals surface area contributed by atoms with Gasteiger partial charge in [-0.2, -0.15) is 16.7 Å². The number of anilines is 3. The lowest BCUT2D eigenvalue weighted by Gasteiger charge is -2.37. The second kappa shape index (κ2) is 11.5. The zero-order valence-electron chi connectivity index (χ0n) is 23.1. The molecule has 14 heteroatoms. The van der Waals surface area contributed by atoms with Crippen LogP contribution in [-0.2, 0) is 5.91 Å². The van der Waals surface area contributed by atoms with Crippen molar-refractivity contribution in [1.29, 1.82) is 0 Å². The van der Waals surface area contributed by atoms with E-state index in [0.717, 1.165) is 25.2 Å². The van der Waals surface area contributed by atoms with Crippen molar-refractivity contribution in [2.75, 3.05) is 47.9 Å². The molecule has 0 aliphatic carbocycles. The van der Waals surface area contributed by atoms with Crippen LogP contribution in [0.1, 0.15) is 19.4 Å². The third-order valence-electron chi connectivity index (χ3n) is 7.45. The number of benzene rings is 1. The molecule has 0 radical (unpaired) electrons.